The largest absolute Gasteiger partial charge is 0.479 e. The van der Waals surface area contributed by atoms with Crippen molar-refractivity contribution in [1.82, 2.24) is 0 Å². The normalized spacial score (nSPS) is 17.5. The van der Waals surface area contributed by atoms with E-state index in [0.29, 0.717) is 10.9 Å². The summed E-state index contributed by atoms with van der Waals surface area (Å²) in [6.45, 7) is 1.70. The Bertz CT molecular complexity index is 1220. The molecule has 1 aliphatic heterocycles. The van der Waals surface area contributed by atoms with E-state index < -0.39 is 17.4 Å². The molecule has 0 fully saturated rings. The van der Waals surface area contributed by atoms with Crippen molar-refractivity contribution >= 4 is 52.2 Å². The Morgan fingerprint density at radius 1 is 1.23 bits per heavy atom. The first-order valence-electron chi connectivity index (χ1n) is 8.90. The van der Waals surface area contributed by atoms with Crippen LogP contribution in [0.3, 0.4) is 0 Å². The monoisotopic (exact) mass is 445 g/mol. The number of carbonyl (C=O) groups is 3. The van der Waals surface area contributed by atoms with Gasteiger partial charge in [0, 0.05) is 34.0 Å². The van der Waals surface area contributed by atoms with Gasteiger partial charge in [-0.3, -0.25) is 14.6 Å². The number of benzene rings is 2. The molecule has 4 N–H and O–H groups in total. The van der Waals surface area contributed by atoms with Gasteiger partial charge < -0.3 is 16.2 Å². The van der Waals surface area contributed by atoms with Crippen molar-refractivity contribution in [1.29, 1.82) is 0 Å². The number of hydrogen-bond donors (Lipinski definition) is 3. The van der Waals surface area contributed by atoms with Gasteiger partial charge in [-0.25, -0.2) is 4.79 Å². The number of fused-ring (bicyclic) bond motifs is 1. The van der Waals surface area contributed by atoms with E-state index in [4.69, 9.17) is 28.9 Å². The van der Waals surface area contributed by atoms with Crippen molar-refractivity contribution in [3.8, 4) is 0 Å². The Hall–Kier alpha value is -3.16. The van der Waals surface area contributed by atoms with Gasteiger partial charge in [-0.05, 0) is 35.9 Å². The number of nitrogens with zero attached hydrogens (tertiary/aromatic N) is 1. The summed E-state index contributed by atoms with van der Waals surface area (Å²) >= 11 is 12.4. The SMILES string of the molecule is CCC(=O)Nc1cccc(C2(C(=O)O)N=c3cc(Cl)cc(Cl)c3=C2C=CC(N)=O)c1. The Labute approximate surface area is 181 Å². The zero-order valence-corrected chi connectivity index (χ0v) is 17.3. The fraction of sp³-hybridized carbons (Fsp3) is 0.143. The number of nitrogens with two attached hydrogens (primary N) is 1. The standard InChI is InChI=1S/C21H17Cl2N3O4/c1-2-18(28)25-13-5-3-4-11(8-13)21(20(29)30)14(6-7-17(24)27)19-15(23)9-12(22)10-16(19)26-21/h3-10H,2H2,1H3,(H2,24,27)(H,25,28)(H,29,30). The molecule has 1 heterocycles. The highest BCUT2D eigenvalue weighted by atomic mass is 35.5. The summed E-state index contributed by atoms with van der Waals surface area (Å²) in [6, 6.07) is 9.29. The molecule has 2 aromatic rings. The summed E-state index contributed by atoms with van der Waals surface area (Å²) in [5, 5.41) is 14.0. The summed E-state index contributed by atoms with van der Waals surface area (Å²) in [5.74, 6) is -2.28. The van der Waals surface area contributed by atoms with E-state index in [1.165, 1.54) is 24.3 Å². The molecule has 0 bridgehead atoms. The molecule has 0 aliphatic carbocycles. The molecule has 0 radical (unpaired) electrons. The predicted molar refractivity (Wildman–Crippen MR) is 114 cm³/mol. The van der Waals surface area contributed by atoms with Crippen molar-refractivity contribution in [3.05, 3.63) is 74.7 Å². The molecule has 9 heteroatoms. The number of carboxylic acids is 1. The second-order valence-corrected chi connectivity index (χ2v) is 7.38. The van der Waals surface area contributed by atoms with Gasteiger partial charge in [-0.2, -0.15) is 0 Å². The molecule has 1 aliphatic rings. The molecular formula is C21H17Cl2N3O4. The Kier molecular flexibility index (Phi) is 5.96. The summed E-state index contributed by atoms with van der Waals surface area (Å²) in [4.78, 5) is 40.2. The molecule has 30 heavy (non-hydrogen) atoms. The zero-order chi connectivity index (χ0) is 22.1. The number of aliphatic carboxylic acids is 1. The van der Waals surface area contributed by atoms with Crippen LogP contribution in [0.5, 0.6) is 0 Å². The van der Waals surface area contributed by atoms with E-state index in [2.05, 4.69) is 10.3 Å². The minimum absolute atomic E-state index is 0.157. The van der Waals surface area contributed by atoms with Gasteiger partial charge in [-0.1, -0.05) is 42.3 Å². The third-order valence-corrected chi connectivity index (χ3v) is 5.11. The number of halogens is 2. The number of anilines is 1. The number of amides is 2. The van der Waals surface area contributed by atoms with Crippen LogP contribution in [0.4, 0.5) is 5.69 Å². The van der Waals surface area contributed by atoms with Crippen molar-refractivity contribution < 1.29 is 19.5 Å². The second kappa shape index (κ2) is 8.30. The van der Waals surface area contributed by atoms with Gasteiger partial charge in [0.25, 0.3) is 0 Å². The summed E-state index contributed by atoms with van der Waals surface area (Å²) in [6.07, 6.45) is 2.60. The van der Waals surface area contributed by atoms with Gasteiger partial charge in [0.15, 0.2) is 0 Å². The van der Waals surface area contributed by atoms with Crippen molar-refractivity contribution in [2.45, 2.75) is 18.9 Å². The first-order valence-corrected chi connectivity index (χ1v) is 9.65. The van der Waals surface area contributed by atoms with Gasteiger partial charge >= 0.3 is 5.97 Å². The lowest BCUT2D eigenvalue weighted by Crippen LogP contribution is -2.35. The number of nitrogens with one attached hydrogen (secondary N) is 1. The second-order valence-electron chi connectivity index (χ2n) is 6.54. The number of carbonyl (C=O) groups excluding carboxylic acids is 2. The fourth-order valence-corrected chi connectivity index (χ4v) is 3.87. The van der Waals surface area contributed by atoms with Gasteiger partial charge in [0.05, 0.1) is 10.4 Å². The van der Waals surface area contributed by atoms with E-state index in [9.17, 15) is 19.5 Å². The maximum absolute atomic E-state index is 12.6. The van der Waals surface area contributed by atoms with Crippen LogP contribution in [0.15, 0.2) is 53.5 Å². The third-order valence-electron chi connectivity index (χ3n) is 4.59. The van der Waals surface area contributed by atoms with E-state index >= 15 is 0 Å². The number of carboxylic acid groups (broad SMARTS) is 1. The smallest absolute Gasteiger partial charge is 0.341 e. The number of hydrogen-bond acceptors (Lipinski definition) is 4. The molecule has 1 atom stereocenters. The molecule has 0 aromatic heterocycles. The molecule has 0 saturated heterocycles. The highest BCUT2D eigenvalue weighted by molar-refractivity contribution is 6.34. The van der Waals surface area contributed by atoms with Crippen LogP contribution in [0.2, 0.25) is 10.0 Å². The average Bonchev–Trinajstić information content (AvgIpc) is 3.02. The van der Waals surface area contributed by atoms with Gasteiger partial charge in [0.2, 0.25) is 17.4 Å². The van der Waals surface area contributed by atoms with Crippen LogP contribution in [0.1, 0.15) is 18.9 Å². The molecule has 154 valence electrons. The number of rotatable bonds is 6. The fourth-order valence-electron chi connectivity index (χ4n) is 3.28. The quantitative estimate of drug-likeness (QED) is 0.589. The minimum atomic E-state index is -1.92. The van der Waals surface area contributed by atoms with Gasteiger partial charge in [-0.15, -0.1) is 0 Å². The Morgan fingerprint density at radius 2 is 1.97 bits per heavy atom. The lowest BCUT2D eigenvalue weighted by atomic mass is 9.82. The zero-order valence-electron chi connectivity index (χ0n) is 15.8. The molecular weight excluding hydrogens is 429 g/mol. The van der Waals surface area contributed by atoms with Crippen molar-refractivity contribution in [3.63, 3.8) is 0 Å². The molecule has 0 spiro atoms. The topological polar surface area (TPSA) is 122 Å². The van der Waals surface area contributed by atoms with E-state index in [1.807, 2.05) is 0 Å². The molecule has 0 saturated carbocycles. The van der Waals surface area contributed by atoms with Gasteiger partial charge in [0.1, 0.15) is 0 Å². The third kappa shape index (κ3) is 3.81. The van der Waals surface area contributed by atoms with Crippen LogP contribution < -0.4 is 21.6 Å². The maximum Gasteiger partial charge on any atom is 0.341 e. The highest BCUT2D eigenvalue weighted by Crippen LogP contribution is 2.38. The molecule has 2 amide bonds. The molecule has 7 nitrogen and oxygen atoms in total. The highest BCUT2D eigenvalue weighted by Gasteiger charge is 2.46. The van der Waals surface area contributed by atoms with E-state index in [1.54, 1.807) is 25.1 Å². The van der Waals surface area contributed by atoms with Crippen molar-refractivity contribution in [2.24, 2.45) is 10.7 Å². The predicted octanol–water partition coefficient (Wildman–Crippen LogP) is 2.15. The van der Waals surface area contributed by atoms with Crippen LogP contribution in [0, 0.1) is 0 Å². The van der Waals surface area contributed by atoms with Crippen molar-refractivity contribution in [2.75, 3.05) is 5.32 Å². The number of primary amides is 1. The first-order chi connectivity index (χ1) is 14.2. The van der Waals surface area contributed by atoms with E-state index in [-0.39, 0.29) is 38.9 Å². The summed E-state index contributed by atoms with van der Waals surface area (Å²) in [5.41, 5.74) is 4.14. The maximum atomic E-state index is 12.6. The summed E-state index contributed by atoms with van der Waals surface area (Å²) < 4.78 is 0. The average molecular weight is 446 g/mol. The lowest BCUT2D eigenvalue weighted by Gasteiger charge is -2.25. The molecule has 1 unspecified atom stereocenters. The first kappa shape index (κ1) is 21.5. The van der Waals surface area contributed by atoms with Crippen LogP contribution in [0.25, 0.3) is 5.57 Å². The minimum Gasteiger partial charge on any atom is -0.479 e. The van der Waals surface area contributed by atoms with E-state index in [0.717, 1.165) is 6.08 Å². The molecule has 3 rings (SSSR count). The molecule has 2 aromatic carbocycles. The van der Waals surface area contributed by atoms with Crippen LogP contribution in [-0.4, -0.2) is 22.9 Å². The Balaban J connectivity index is 2.35. The lowest BCUT2D eigenvalue weighted by molar-refractivity contribution is -0.141. The Morgan fingerprint density at radius 3 is 2.60 bits per heavy atom. The summed E-state index contributed by atoms with van der Waals surface area (Å²) in [7, 11) is 0. The van der Waals surface area contributed by atoms with Crippen LogP contribution >= 0.6 is 23.2 Å². The van der Waals surface area contributed by atoms with Crippen LogP contribution in [-0.2, 0) is 19.9 Å².